The summed E-state index contributed by atoms with van der Waals surface area (Å²) in [6.45, 7) is 3.21. The molecule has 4 rings (SSSR count). The van der Waals surface area contributed by atoms with Gasteiger partial charge in [-0.1, -0.05) is 30.3 Å². The number of aromatic nitrogens is 2. The van der Waals surface area contributed by atoms with Crippen LogP contribution >= 0.6 is 0 Å². The Morgan fingerprint density at radius 1 is 1.36 bits per heavy atom. The van der Waals surface area contributed by atoms with Crippen molar-refractivity contribution < 1.29 is 4.74 Å². The van der Waals surface area contributed by atoms with Gasteiger partial charge in [-0.15, -0.1) is 0 Å². The van der Waals surface area contributed by atoms with Crippen molar-refractivity contribution in [1.82, 2.24) is 14.9 Å². The number of hydrogen-bond donors (Lipinski definition) is 2. The first kappa shape index (κ1) is 15.8. The highest BCUT2D eigenvalue weighted by Crippen LogP contribution is 2.21. The number of nitrogens with one attached hydrogen (secondary N) is 2. The van der Waals surface area contributed by atoms with Gasteiger partial charge in [-0.2, -0.15) is 0 Å². The van der Waals surface area contributed by atoms with E-state index >= 15 is 0 Å². The van der Waals surface area contributed by atoms with Crippen LogP contribution in [0.5, 0.6) is 0 Å². The van der Waals surface area contributed by atoms with E-state index in [1.807, 2.05) is 37.3 Å². The fourth-order valence-electron chi connectivity index (χ4n) is 3.21. The number of fused-ring (bicyclic) bond motifs is 1. The maximum atomic E-state index is 12.5. The third kappa shape index (κ3) is 3.28. The zero-order valence-corrected chi connectivity index (χ0v) is 14.1. The number of benzene rings is 1. The van der Waals surface area contributed by atoms with Gasteiger partial charge in [0.15, 0.2) is 5.96 Å². The van der Waals surface area contributed by atoms with Gasteiger partial charge in [-0.05, 0) is 25.3 Å². The molecule has 3 heterocycles. The van der Waals surface area contributed by atoms with Crippen molar-refractivity contribution in [1.29, 1.82) is 0 Å². The number of nitrogens with zero attached hydrogens (tertiary/aromatic N) is 3. The Hall–Kier alpha value is -2.67. The Balaban J connectivity index is 1.70. The molecular weight excluding hydrogens is 318 g/mol. The second-order valence-electron chi connectivity index (χ2n) is 6.34. The number of aliphatic imine (C=N–C) groups is 1. The third-order valence-electron chi connectivity index (χ3n) is 4.43. The molecule has 2 atom stereocenters. The fourth-order valence-corrected chi connectivity index (χ4v) is 3.21. The van der Waals surface area contributed by atoms with E-state index in [0.29, 0.717) is 24.1 Å². The minimum atomic E-state index is -0.346. The summed E-state index contributed by atoms with van der Waals surface area (Å²) in [7, 11) is 0. The summed E-state index contributed by atoms with van der Waals surface area (Å²) in [5.74, 6) is 1.12. The van der Waals surface area contributed by atoms with Crippen molar-refractivity contribution in [3.05, 3.63) is 58.0 Å². The van der Waals surface area contributed by atoms with E-state index in [0.717, 1.165) is 25.0 Å². The van der Waals surface area contributed by atoms with Crippen LogP contribution in [-0.4, -0.2) is 34.8 Å². The van der Waals surface area contributed by atoms with Crippen LogP contribution in [0.3, 0.4) is 0 Å². The molecule has 1 fully saturated rings. The average molecular weight is 339 g/mol. The van der Waals surface area contributed by atoms with Gasteiger partial charge in [0.05, 0.1) is 12.6 Å². The van der Waals surface area contributed by atoms with Crippen molar-refractivity contribution in [2.75, 3.05) is 18.5 Å². The highest BCUT2D eigenvalue weighted by Gasteiger charge is 2.26. The van der Waals surface area contributed by atoms with Crippen molar-refractivity contribution in [2.24, 2.45) is 4.99 Å². The minimum Gasteiger partial charge on any atom is -0.376 e. The van der Waals surface area contributed by atoms with Crippen molar-refractivity contribution in [3.8, 4) is 0 Å². The van der Waals surface area contributed by atoms with Crippen LogP contribution in [-0.2, 0) is 4.74 Å². The van der Waals surface area contributed by atoms with Gasteiger partial charge in [-0.3, -0.25) is 19.7 Å². The first-order valence-electron chi connectivity index (χ1n) is 8.55. The SMILES string of the molecule is Cc1cc(=O)n2c(n1)NC(=NCC1CCCO1)NC2c1ccccc1. The summed E-state index contributed by atoms with van der Waals surface area (Å²) in [6.07, 6.45) is 1.94. The predicted octanol–water partition coefficient (Wildman–Crippen LogP) is 1.65. The van der Waals surface area contributed by atoms with Crippen LogP contribution < -0.4 is 16.2 Å². The lowest BCUT2D eigenvalue weighted by atomic mass is 10.1. The largest absolute Gasteiger partial charge is 0.376 e. The monoisotopic (exact) mass is 339 g/mol. The molecule has 2 aliphatic heterocycles. The lowest BCUT2D eigenvalue weighted by Gasteiger charge is -2.31. The lowest BCUT2D eigenvalue weighted by molar-refractivity contribution is 0.117. The van der Waals surface area contributed by atoms with Crippen molar-refractivity contribution >= 4 is 11.9 Å². The molecule has 1 aromatic carbocycles. The quantitative estimate of drug-likeness (QED) is 0.889. The Bertz CT molecular complexity index is 840. The minimum absolute atomic E-state index is 0.102. The molecule has 25 heavy (non-hydrogen) atoms. The molecule has 0 amide bonds. The van der Waals surface area contributed by atoms with Gasteiger partial charge in [0.25, 0.3) is 5.56 Å². The zero-order chi connectivity index (χ0) is 17.2. The van der Waals surface area contributed by atoms with Gasteiger partial charge in [0, 0.05) is 18.4 Å². The second kappa shape index (κ2) is 6.68. The van der Waals surface area contributed by atoms with E-state index in [1.165, 1.54) is 6.07 Å². The molecule has 2 N–H and O–H groups in total. The molecule has 0 saturated carbocycles. The van der Waals surface area contributed by atoms with Crippen LogP contribution in [0.15, 0.2) is 46.2 Å². The number of guanidine groups is 1. The summed E-state index contributed by atoms with van der Waals surface area (Å²) in [6, 6.07) is 11.4. The molecule has 2 aromatic rings. The van der Waals surface area contributed by atoms with E-state index in [1.54, 1.807) is 4.57 Å². The number of aryl methyl sites for hydroxylation is 1. The molecule has 0 aliphatic carbocycles. The van der Waals surface area contributed by atoms with Gasteiger partial charge in [0.1, 0.15) is 6.17 Å². The highest BCUT2D eigenvalue weighted by molar-refractivity contribution is 5.93. The van der Waals surface area contributed by atoms with Crippen molar-refractivity contribution in [3.63, 3.8) is 0 Å². The Labute approximate surface area is 145 Å². The molecule has 1 saturated heterocycles. The van der Waals surface area contributed by atoms with Crippen LogP contribution in [0, 0.1) is 6.92 Å². The van der Waals surface area contributed by atoms with Crippen LogP contribution in [0.25, 0.3) is 0 Å². The Morgan fingerprint density at radius 3 is 2.96 bits per heavy atom. The van der Waals surface area contributed by atoms with Crippen LogP contribution in [0.4, 0.5) is 5.95 Å². The van der Waals surface area contributed by atoms with E-state index in [2.05, 4.69) is 20.6 Å². The molecular formula is C18H21N5O2. The normalized spacial score (nSPS) is 23.8. The van der Waals surface area contributed by atoms with Crippen LogP contribution in [0.1, 0.15) is 30.3 Å². The summed E-state index contributed by atoms with van der Waals surface area (Å²) >= 11 is 0. The first-order valence-corrected chi connectivity index (χ1v) is 8.55. The van der Waals surface area contributed by atoms with Gasteiger partial charge >= 0.3 is 0 Å². The number of rotatable bonds is 3. The Morgan fingerprint density at radius 2 is 2.20 bits per heavy atom. The molecule has 0 bridgehead atoms. The molecule has 2 unspecified atom stereocenters. The topological polar surface area (TPSA) is 80.5 Å². The standard InChI is InChI=1S/C18H21N5O2/c1-12-10-15(24)23-16(13-6-3-2-4-7-13)21-17(22-18(23)20-12)19-11-14-8-5-9-25-14/h2-4,6-7,10,14,16H,5,8-9,11H2,1H3,(H2,19,20,21,22). The molecule has 7 heteroatoms. The molecule has 0 radical (unpaired) electrons. The van der Waals surface area contributed by atoms with Crippen molar-refractivity contribution in [2.45, 2.75) is 32.0 Å². The van der Waals surface area contributed by atoms with E-state index in [-0.39, 0.29) is 17.8 Å². The fraction of sp³-hybridized carbons (Fsp3) is 0.389. The van der Waals surface area contributed by atoms with Gasteiger partial charge in [-0.25, -0.2) is 4.98 Å². The second-order valence-corrected chi connectivity index (χ2v) is 6.34. The predicted molar refractivity (Wildman–Crippen MR) is 95.8 cm³/mol. The lowest BCUT2D eigenvalue weighted by Crippen LogP contribution is -2.48. The molecule has 0 spiro atoms. The maximum Gasteiger partial charge on any atom is 0.257 e. The van der Waals surface area contributed by atoms with E-state index in [4.69, 9.17) is 4.74 Å². The number of hydrogen-bond acceptors (Lipinski definition) is 4. The molecule has 130 valence electrons. The smallest absolute Gasteiger partial charge is 0.257 e. The number of ether oxygens (including phenoxy) is 1. The maximum absolute atomic E-state index is 12.5. The molecule has 1 aromatic heterocycles. The first-order chi connectivity index (χ1) is 12.2. The third-order valence-corrected chi connectivity index (χ3v) is 4.43. The van der Waals surface area contributed by atoms with Gasteiger partial charge in [0.2, 0.25) is 5.95 Å². The average Bonchev–Trinajstić information content (AvgIpc) is 3.13. The molecule has 7 nitrogen and oxygen atoms in total. The summed E-state index contributed by atoms with van der Waals surface area (Å²) in [5.41, 5.74) is 1.55. The Kier molecular flexibility index (Phi) is 4.23. The molecule has 2 aliphatic rings. The highest BCUT2D eigenvalue weighted by atomic mass is 16.5. The number of anilines is 1. The van der Waals surface area contributed by atoms with E-state index < -0.39 is 0 Å². The zero-order valence-electron chi connectivity index (χ0n) is 14.1. The van der Waals surface area contributed by atoms with Crippen LogP contribution in [0.2, 0.25) is 0 Å². The summed E-state index contributed by atoms with van der Waals surface area (Å²) in [4.78, 5) is 21.6. The summed E-state index contributed by atoms with van der Waals surface area (Å²) < 4.78 is 7.25. The van der Waals surface area contributed by atoms with Gasteiger partial charge < -0.3 is 10.1 Å². The van der Waals surface area contributed by atoms with E-state index in [9.17, 15) is 4.79 Å². The summed E-state index contributed by atoms with van der Waals surface area (Å²) in [5, 5.41) is 6.45.